The maximum absolute atomic E-state index is 12.5. The molecule has 1 aliphatic carbocycles. The molecule has 1 saturated carbocycles. The largest absolute Gasteiger partial charge is 0.345 e. The van der Waals surface area contributed by atoms with Gasteiger partial charge in [-0.25, -0.2) is 0 Å². The Hall–Kier alpha value is -0.250. The second-order valence-corrected chi connectivity index (χ2v) is 7.28. The van der Waals surface area contributed by atoms with Crippen LogP contribution in [0, 0.1) is 5.92 Å². The van der Waals surface area contributed by atoms with Gasteiger partial charge in [-0.15, -0.1) is 11.6 Å². The van der Waals surface area contributed by atoms with Crippen molar-refractivity contribution in [3.63, 3.8) is 0 Å². The highest BCUT2D eigenvalue weighted by atomic mass is 79.9. The fourth-order valence-corrected chi connectivity index (χ4v) is 3.78. The first-order chi connectivity index (χ1) is 9.46. The number of nitrogens with one attached hydrogen (secondary N) is 1. The monoisotopic (exact) mass is 377 g/mol. The first-order valence-corrected chi connectivity index (χ1v) is 8.50. The van der Waals surface area contributed by atoms with E-state index in [4.69, 9.17) is 23.2 Å². The zero-order chi connectivity index (χ0) is 14.8. The molecule has 2 rings (SSSR count). The minimum atomic E-state index is -0.304. The fraction of sp³-hybridized carbons (Fsp3) is 0.533. The third kappa shape index (κ3) is 3.69. The van der Waals surface area contributed by atoms with Gasteiger partial charge >= 0.3 is 0 Å². The molecular weight excluding hydrogens is 361 g/mol. The second-order valence-electron chi connectivity index (χ2n) is 5.69. The number of benzene rings is 1. The molecule has 0 aliphatic heterocycles. The van der Waals surface area contributed by atoms with E-state index in [0.717, 1.165) is 23.7 Å². The van der Waals surface area contributed by atoms with Gasteiger partial charge < -0.3 is 5.32 Å². The summed E-state index contributed by atoms with van der Waals surface area (Å²) in [6.07, 6.45) is 4.15. The summed E-state index contributed by atoms with van der Waals surface area (Å²) in [7, 11) is 0. The molecule has 0 spiro atoms. The van der Waals surface area contributed by atoms with Crippen LogP contribution in [0.25, 0.3) is 0 Å². The van der Waals surface area contributed by atoms with Gasteiger partial charge in [0, 0.05) is 10.4 Å². The van der Waals surface area contributed by atoms with Crippen molar-refractivity contribution in [2.75, 3.05) is 5.88 Å². The Kier molecular flexibility index (Phi) is 5.38. The lowest BCUT2D eigenvalue weighted by Gasteiger charge is -2.39. The lowest BCUT2D eigenvalue weighted by molar-refractivity contribution is 0.0867. The molecule has 1 amide bonds. The van der Waals surface area contributed by atoms with Gasteiger partial charge in [0.25, 0.3) is 5.91 Å². The molecule has 1 aliphatic rings. The molecule has 0 aromatic heterocycles. The molecule has 1 aromatic carbocycles. The third-order valence-electron chi connectivity index (χ3n) is 3.90. The zero-order valence-electron chi connectivity index (χ0n) is 11.4. The standard InChI is InChI=1S/C15H18BrCl2NO/c1-10-3-2-6-15(8-10,9-17)19-14(20)12-7-11(16)4-5-13(12)18/h4-5,7,10H,2-3,6,8-9H2,1H3,(H,19,20). The number of halogens is 3. The quantitative estimate of drug-likeness (QED) is 0.735. The Bertz CT molecular complexity index is 509. The SMILES string of the molecule is CC1CCCC(CCl)(NC(=O)c2cc(Br)ccc2Cl)C1. The van der Waals surface area contributed by atoms with Gasteiger partial charge in [-0.05, 0) is 37.0 Å². The van der Waals surface area contributed by atoms with Gasteiger partial charge in [0.15, 0.2) is 0 Å². The van der Waals surface area contributed by atoms with Crippen molar-refractivity contribution in [3.05, 3.63) is 33.3 Å². The molecule has 0 radical (unpaired) electrons. The van der Waals surface area contributed by atoms with E-state index in [1.165, 1.54) is 6.42 Å². The summed E-state index contributed by atoms with van der Waals surface area (Å²) in [4.78, 5) is 12.5. The van der Waals surface area contributed by atoms with Gasteiger partial charge in [0.05, 0.1) is 16.1 Å². The van der Waals surface area contributed by atoms with Crippen molar-refractivity contribution in [1.29, 1.82) is 0 Å². The van der Waals surface area contributed by atoms with Crippen LogP contribution in [0.4, 0.5) is 0 Å². The van der Waals surface area contributed by atoms with Crippen molar-refractivity contribution in [3.8, 4) is 0 Å². The molecule has 20 heavy (non-hydrogen) atoms. The van der Waals surface area contributed by atoms with Crippen molar-refractivity contribution >= 4 is 45.0 Å². The highest BCUT2D eigenvalue weighted by Gasteiger charge is 2.36. The molecule has 2 atom stereocenters. The van der Waals surface area contributed by atoms with E-state index >= 15 is 0 Å². The molecule has 2 nitrogen and oxygen atoms in total. The number of amides is 1. The molecule has 2 unspecified atom stereocenters. The van der Waals surface area contributed by atoms with Crippen LogP contribution in [0.1, 0.15) is 43.0 Å². The van der Waals surface area contributed by atoms with E-state index in [1.54, 1.807) is 12.1 Å². The first-order valence-electron chi connectivity index (χ1n) is 6.79. The smallest absolute Gasteiger partial charge is 0.253 e. The number of rotatable bonds is 3. The van der Waals surface area contributed by atoms with E-state index in [0.29, 0.717) is 22.4 Å². The van der Waals surface area contributed by atoms with Crippen molar-refractivity contribution in [2.24, 2.45) is 5.92 Å². The van der Waals surface area contributed by atoms with E-state index in [9.17, 15) is 4.79 Å². The Balaban J connectivity index is 2.19. The Morgan fingerprint density at radius 1 is 1.55 bits per heavy atom. The summed E-state index contributed by atoms with van der Waals surface area (Å²) < 4.78 is 0.837. The van der Waals surface area contributed by atoms with Crippen molar-refractivity contribution in [1.82, 2.24) is 5.32 Å². The number of hydrogen-bond donors (Lipinski definition) is 1. The average Bonchev–Trinajstić information content (AvgIpc) is 2.41. The predicted molar refractivity (Wildman–Crippen MR) is 87.7 cm³/mol. The average molecular weight is 379 g/mol. The summed E-state index contributed by atoms with van der Waals surface area (Å²) in [5.74, 6) is 0.876. The summed E-state index contributed by atoms with van der Waals surface area (Å²) in [6.45, 7) is 2.21. The lowest BCUT2D eigenvalue weighted by Crippen LogP contribution is -2.52. The second kappa shape index (κ2) is 6.67. The molecule has 0 bridgehead atoms. The predicted octanol–water partition coefficient (Wildman–Crippen LogP) is 5.02. The minimum Gasteiger partial charge on any atom is -0.345 e. The van der Waals surface area contributed by atoms with Gasteiger partial charge in [-0.1, -0.05) is 47.3 Å². The highest BCUT2D eigenvalue weighted by molar-refractivity contribution is 9.10. The van der Waals surface area contributed by atoms with E-state index in [2.05, 4.69) is 28.2 Å². The Labute approximate surface area is 138 Å². The van der Waals surface area contributed by atoms with Crippen molar-refractivity contribution in [2.45, 2.75) is 38.1 Å². The van der Waals surface area contributed by atoms with Gasteiger partial charge in [-0.3, -0.25) is 4.79 Å². The lowest BCUT2D eigenvalue weighted by atomic mass is 9.77. The summed E-state index contributed by atoms with van der Waals surface area (Å²) in [5.41, 5.74) is 0.186. The van der Waals surface area contributed by atoms with Crippen LogP contribution in [-0.2, 0) is 0 Å². The number of carbonyl (C=O) groups excluding carboxylic acids is 1. The molecule has 1 aromatic rings. The van der Waals surface area contributed by atoms with E-state index < -0.39 is 0 Å². The van der Waals surface area contributed by atoms with Gasteiger partial charge in [-0.2, -0.15) is 0 Å². The van der Waals surface area contributed by atoms with Gasteiger partial charge in [0.1, 0.15) is 0 Å². The molecule has 1 N–H and O–H groups in total. The molecule has 1 fully saturated rings. The van der Waals surface area contributed by atoms with E-state index in [1.807, 2.05) is 6.07 Å². The molecule has 0 heterocycles. The van der Waals surface area contributed by atoms with Crippen LogP contribution < -0.4 is 5.32 Å². The Morgan fingerprint density at radius 3 is 2.95 bits per heavy atom. The van der Waals surface area contributed by atoms with Crippen LogP contribution in [0.5, 0.6) is 0 Å². The maximum atomic E-state index is 12.5. The highest BCUT2D eigenvalue weighted by Crippen LogP contribution is 2.34. The van der Waals surface area contributed by atoms with Crippen LogP contribution >= 0.6 is 39.1 Å². The fourth-order valence-electron chi connectivity index (χ4n) is 2.91. The van der Waals surface area contributed by atoms with Crippen LogP contribution in [0.2, 0.25) is 5.02 Å². The first kappa shape index (κ1) is 16.1. The maximum Gasteiger partial charge on any atom is 0.253 e. The summed E-state index contributed by atoms with van der Waals surface area (Å²) in [6, 6.07) is 5.28. The molecule has 0 saturated heterocycles. The third-order valence-corrected chi connectivity index (χ3v) is 5.23. The number of alkyl halides is 1. The van der Waals surface area contributed by atoms with E-state index in [-0.39, 0.29) is 11.4 Å². The van der Waals surface area contributed by atoms with Crippen LogP contribution in [0.15, 0.2) is 22.7 Å². The number of hydrogen-bond acceptors (Lipinski definition) is 1. The summed E-state index contributed by atoms with van der Waals surface area (Å²) in [5, 5.41) is 3.58. The zero-order valence-corrected chi connectivity index (χ0v) is 14.5. The molecular formula is C15H18BrCl2NO. The van der Waals surface area contributed by atoms with Crippen LogP contribution in [-0.4, -0.2) is 17.3 Å². The molecule has 110 valence electrons. The van der Waals surface area contributed by atoms with Crippen molar-refractivity contribution < 1.29 is 4.79 Å². The normalized spacial score (nSPS) is 26.3. The number of carbonyl (C=O) groups is 1. The molecule has 5 heteroatoms. The van der Waals surface area contributed by atoms with Gasteiger partial charge in [0.2, 0.25) is 0 Å². The summed E-state index contributed by atoms with van der Waals surface area (Å²) >= 11 is 15.6. The minimum absolute atomic E-state index is 0.147. The topological polar surface area (TPSA) is 29.1 Å². The Morgan fingerprint density at radius 2 is 2.30 bits per heavy atom. The van der Waals surface area contributed by atoms with Crippen LogP contribution in [0.3, 0.4) is 0 Å².